The Morgan fingerprint density at radius 3 is 2.84 bits per heavy atom. The lowest BCUT2D eigenvalue weighted by molar-refractivity contribution is -0.121. The molecule has 11 heteroatoms. The SMILES string of the molecule is Cc1cc2c(cc1S(=O)(=O)N1CCC[C@@H](C(=O)Nc3ccc(F)cc3Cl)C1)OCC(=O)N2. The molecule has 2 aliphatic heterocycles. The Labute approximate surface area is 189 Å². The fourth-order valence-electron chi connectivity index (χ4n) is 3.83. The lowest BCUT2D eigenvalue weighted by Crippen LogP contribution is -2.44. The second-order valence-corrected chi connectivity index (χ2v) is 10.1. The average Bonchev–Trinajstić information content (AvgIpc) is 2.75. The average molecular weight is 482 g/mol. The Bertz CT molecular complexity index is 1200. The van der Waals surface area contributed by atoms with Crippen LogP contribution in [0.25, 0.3) is 0 Å². The Kier molecular flexibility index (Phi) is 6.11. The molecular formula is C21H21ClFN3O5S. The van der Waals surface area contributed by atoms with Gasteiger partial charge in [0.05, 0.1) is 27.2 Å². The monoisotopic (exact) mass is 481 g/mol. The number of ether oxygens (including phenoxy) is 1. The number of hydrogen-bond donors (Lipinski definition) is 2. The molecule has 2 heterocycles. The number of hydrogen-bond acceptors (Lipinski definition) is 5. The molecule has 2 N–H and O–H groups in total. The van der Waals surface area contributed by atoms with Crippen LogP contribution in [0.5, 0.6) is 5.75 Å². The van der Waals surface area contributed by atoms with E-state index in [1.165, 1.54) is 22.5 Å². The van der Waals surface area contributed by atoms with E-state index in [2.05, 4.69) is 10.6 Å². The first kappa shape index (κ1) is 22.5. The van der Waals surface area contributed by atoms with Gasteiger partial charge in [-0.05, 0) is 49.6 Å². The Morgan fingerprint density at radius 2 is 2.09 bits per heavy atom. The van der Waals surface area contributed by atoms with Gasteiger partial charge in [0.25, 0.3) is 5.91 Å². The van der Waals surface area contributed by atoms with Gasteiger partial charge in [-0.15, -0.1) is 0 Å². The Morgan fingerprint density at radius 1 is 1.31 bits per heavy atom. The highest BCUT2D eigenvalue weighted by atomic mass is 35.5. The largest absolute Gasteiger partial charge is 0.482 e. The lowest BCUT2D eigenvalue weighted by atomic mass is 9.98. The van der Waals surface area contributed by atoms with E-state index in [0.717, 1.165) is 6.07 Å². The maximum Gasteiger partial charge on any atom is 0.262 e. The number of sulfonamides is 1. The van der Waals surface area contributed by atoms with Crippen molar-refractivity contribution < 1.29 is 27.1 Å². The first-order valence-corrected chi connectivity index (χ1v) is 11.8. The predicted octanol–water partition coefficient (Wildman–Crippen LogP) is 3.16. The topological polar surface area (TPSA) is 105 Å². The molecule has 0 spiro atoms. The summed E-state index contributed by atoms with van der Waals surface area (Å²) in [7, 11) is -3.91. The van der Waals surface area contributed by atoms with E-state index in [4.69, 9.17) is 16.3 Å². The summed E-state index contributed by atoms with van der Waals surface area (Å²) in [4.78, 5) is 24.3. The van der Waals surface area contributed by atoms with Crippen molar-refractivity contribution in [3.63, 3.8) is 0 Å². The van der Waals surface area contributed by atoms with Gasteiger partial charge in [0, 0.05) is 19.2 Å². The highest BCUT2D eigenvalue weighted by Gasteiger charge is 2.35. The number of nitrogens with zero attached hydrogens (tertiary/aromatic N) is 1. The van der Waals surface area contributed by atoms with E-state index in [-0.39, 0.29) is 52.9 Å². The van der Waals surface area contributed by atoms with Gasteiger partial charge in [0.1, 0.15) is 11.6 Å². The fraction of sp³-hybridized carbons (Fsp3) is 0.333. The number of rotatable bonds is 4. The van der Waals surface area contributed by atoms with Crippen LogP contribution in [0.4, 0.5) is 15.8 Å². The number of piperidine rings is 1. The van der Waals surface area contributed by atoms with Crippen molar-refractivity contribution >= 4 is 44.8 Å². The Hall–Kier alpha value is -2.69. The van der Waals surface area contributed by atoms with Gasteiger partial charge in [-0.3, -0.25) is 9.59 Å². The standard InChI is InChI=1S/C21H21ClFN3O5S/c1-12-7-17-18(31-11-20(27)24-17)9-19(12)32(29,30)26-6-2-3-13(10-26)21(28)25-16-5-4-14(23)8-15(16)22/h4-5,7-9,13H,2-3,6,10-11H2,1H3,(H,24,27)(H,25,28)/t13-/m1/s1. The first-order valence-electron chi connectivity index (χ1n) is 9.98. The first-order chi connectivity index (χ1) is 15.1. The number of carbonyl (C=O) groups is 2. The third kappa shape index (κ3) is 4.43. The summed E-state index contributed by atoms with van der Waals surface area (Å²) in [5, 5.41) is 5.37. The Balaban J connectivity index is 1.53. The van der Waals surface area contributed by atoms with Gasteiger partial charge in [-0.1, -0.05) is 11.6 Å². The number of aryl methyl sites for hydroxylation is 1. The summed E-state index contributed by atoms with van der Waals surface area (Å²) in [6, 6.07) is 6.61. The van der Waals surface area contributed by atoms with E-state index in [1.54, 1.807) is 13.0 Å². The third-order valence-corrected chi connectivity index (χ3v) is 7.79. The molecule has 0 bridgehead atoms. The number of benzene rings is 2. The molecule has 32 heavy (non-hydrogen) atoms. The molecule has 1 atom stereocenters. The highest BCUT2D eigenvalue weighted by Crippen LogP contribution is 2.35. The van der Waals surface area contributed by atoms with Crippen LogP contribution in [-0.2, 0) is 19.6 Å². The number of amides is 2. The molecule has 2 amide bonds. The van der Waals surface area contributed by atoms with Gasteiger partial charge in [-0.25, -0.2) is 12.8 Å². The fourth-order valence-corrected chi connectivity index (χ4v) is 5.79. The molecule has 8 nitrogen and oxygen atoms in total. The van der Waals surface area contributed by atoms with E-state index in [9.17, 15) is 22.4 Å². The van der Waals surface area contributed by atoms with Crippen LogP contribution in [-0.4, -0.2) is 44.2 Å². The lowest BCUT2D eigenvalue weighted by Gasteiger charge is -2.32. The van der Waals surface area contributed by atoms with Gasteiger partial charge < -0.3 is 15.4 Å². The number of anilines is 2. The molecular weight excluding hydrogens is 461 g/mol. The van der Waals surface area contributed by atoms with E-state index in [0.29, 0.717) is 24.1 Å². The summed E-state index contributed by atoms with van der Waals surface area (Å²) in [5.41, 5.74) is 1.15. The van der Waals surface area contributed by atoms with Crippen LogP contribution >= 0.6 is 11.6 Å². The normalized spacial score (nSPS) is 19.0. The third-order valence-electron chi connectivity index (χ3n) is 5.47. The van der Waals surface area contributed by atoms with Crippen molar-refractivity contribution in [1.29, 1.82) is 0 Å². The molecule has 0 aliphatic carbocycles. The van der Waals surface area contributed by atoms with Crippen LogP contribution in [0, 0.1) is 18.7 Å². The summed E-state index contributed by atoms with van der Waals surface area (Å²) >= 11 is 5.98. The van der Waals surface area contributed by atoms with Crippen LogP contribution < -0.4 is 15.4 Å². The van der Waals surface area contributed by atoms with Gasteiger partial charge >= 0.3 is 0 Å². The minimum absolute atomic E-state index is 0.00109. The molecule has 4 rings (SSSR count). The molecule has 0 aromatic heterocycles. The second-order valence-electron chi connectivity index (χ2n) is 7.77. The van der Waals surface area contributed by atoms with E-state index >= 15 is 0 Å². The van der Waals surface area contributed by atoms with Crippen molar-refractivity contribution in [1.82, 2.24) is 4.31 Å². The number of fused-ring (bicyclic) bond motifs is 1. The molecule has 2 aliphatic rings. The second kappa shape index (κ2) is 8.68. The minimum Gasteiger partial charge on any atom is -0.482 e. The molecule has 1 saturated heterocycles. The van der Waals surface area contributed by atoms with Crippen molar-refractivity contribution in [3.8, 4) is 5.75 Å². The molecule has 2 aromatic carbocycles. The number of halogens is 2. The van der Waals surface area contributed by atoms with E-state index in [1.807, 2.05) is 0 Å². The smallest absolute Gasteiger partial charge is 0.262 e. The summed E-state index contributed by atoms with van der Waals surface area (Å²) in [5.74, 6) is -1.52. The van der Waals surface area contributed by atoms with Crippen molar-refractivity contribution in [3.05, 3.63) is 46.7 Å². The minimum atomic E-state index is -3.91. The maximum absolute atomic E-state index is 13.4. The van der Waals surface area contributed by atoms with Crippen LogP contribution in [0.15, 0.2) is 35.2 Å². The number of nitrogens with one attached hydrogen (secondary N) is 2. The highest BCUT2D eigenvalue weighted by molar-refractivity contribution is 7.89. The van der Waals surface area contributed by atoms with Crippen molar-refractivity contribution in [2.75, 3.05) is 30.3 Å². The number of carbonyl (C=O) groups excluding carboxylic acids is 2. The maximum atomic E-state index is 13.4. The van der Waals surface area contributed by atoms with Gasteiger partial charge in [0.2, 0.25) is 15.9 Å². The molecule has 0 unspecified atom stereocenters. The van der Waals surface area contributed by atoms with Crippen LogP contribution in [0.1, 0.15) is 18.4 Å². The zero-order valence-electron chi connectivity index (χ0n) is 17.2. The quantitative estimate of drug-likeness (QED) is 0.698. The molecule has 2 aromatic rings. The summed E-state index contributed by atoms with van der Waals surface area (Å²) in [6.45, 7) is 1.73. The molecule has 170 valence electrons. The zero-order valence-corrected chi connectivity index (χ0v) is 18.7. The molecule has 0 radical (unpaired) electrons. The predicted molar refractivity (Wildman–Crippen MR) is 117 cm³/mol. The summed E-state index contributed by atoms with van der Waals surface area (Å²) < 4.78 is 46.6. The van der Waals surface area contributed by atoms with Crippen molar-refractivity contribution in [2.45, 2.75) is 24.7 Å². The van der Waals surface area contributed by atoms with Crippen LogP contribution in [0.3, 0.4) is 0 Å². The van der Waals surface area contributed by atoms with Crippen LogP contribution in [0.2, 0.25) is 5.02 Å². The molecule has 1 fully saturated rings. The van der Waals surface area contributed by atoms with E-state index < -0.39 is 21.8 Å². The molecule has 0 saturated carbocycles. The summed E-state index contributed by atoms with van der Waals surface area (Å²) in [6.07, 6.45) is 1.01. The zero-order chi connectivity index (χ0) is 23.0. The van der Waals surface area contributed by atoms with Crippen molar-refractivity contribution in [2.24, 2.45) is 5.92 Å². The van der Waals surface area contributed by atoms with Gasteiger partial charge in [0.15, 0.2) is 6.61 Å². The van der Waals surface area contributed by atoms with Gasteiger partial charge in [-0.2, -0.15) is 4.31 Å².